The maximum atomic E-state index is 11.6. The van der Waals surface area contributed by atoms with Gasteiger partial charge in [0.1, 0.15) is 0 Å². The van der Waals surface area contributed by atoms with E-state index in [9.17, 15) is 5.53 Å². The van der Waals surface area contributed by atoms with E-state index in [0.717, 1.165) is 80.3 Å². The van der Waals surface area contributed by atoms with E-state index in [-0.39, 0.29) is 0 Å². The summed E-state index contributed by atoms with van der Waals surface area (Å²) in [6.45, 7) is 20.2. The molecule has 3 heteroatoms. The van der Waals surface area contributed by atoms with Crippen molar-refractivity contribution in [2.75, 3.05) is 0 Å². The fourth-order valence-corrected chi connectivity index (χ4v) is 7.57. The van der Waals surface area contributed by atoms with Gasteiger partial charge in [0, 0.05) is 22.8 Å². The number of nitrogens with zero attached hydrogens (tertiary/aromatic N) is 2. The van der Waals surface area contributed by atoms with Crippen molar-refractivity contribution in [2.45, 2.75) is 157 Å². The average Bonchev–Trinajstić information content (AvgIpc) is 3.37. The Morgan fingerprint density at radius 2 is 0.977 bits per heavy atom. The molecule has 0 fully saturated rings. The van der Waals surface area contributed by atoms with E-state index in [1.807, 2.05) is 14.4 Å². The Labute approximate surface area is 272 Å². The number of rotatable bonds is 17. The van der Waals surface area contributed by atoms with Crippen LogP contribution in [0.15, 0.2) is 35.9 Å². The average molecular weight is 630 g/mol. The van der Waals surface area contributed by atoms with Crippen LogP contribution in [0.25, 0.3) is 16.9 Å². The Bertz CT molecular complexity index is 1180. The Morgan fingerprint density at radius 3 is 1.35 bits per heavy atom. The molecule has 242 valence electrons. The molecule has 43 heavy (non-hydrogen) atoms. The molecule has 0 aromatic heterocycles. The van der Waals surface area contributed by atoms with Gasteiger partial charge in [0.2, 0.25) is 11.4 Å². The molecule has 0 unspecified atom stereocenters. The predicted molar refractivity (Wildman–Crippen MR) is 187 cm³/mol. The number of unbranched alkanes of at least 4 members (excludes halogenated alkanes) is 3. The van der Waals surface area contributed by atoms with Crippen molar-refractivity contribution in [1.29, 1.82) is 0 Å². The summed E-state index contributed by atoms with van der Waals surface area (Å²) < 4.78 is 1.49. The van der Waals surface area contributed by atoms with Crippen LogP contribution in [0.4, 0.5) is 0 Å². The minimum atomic E-state index is 0.920. The molecule has 3 rings (SSSR count). The third-order valence-corrected chi connectivity index (χ3v) is 10.1. The van der Waals surface area contributed by atoms with E-state index in [2.05, 4.69) is 92.7 Å². The van der Waals surface area contributed by atoms with Crippen molar-refractivity contribution in [3.63, 3.8) is 0 Å². The van der Waals surface area contributed by atoms with Gasteiger partial charge in [-0.1, -0.05) is 54.9 Å². The van der Waals surface area contributed by atoms with E-state index in [0.29, 0.717) is 0 Å². The third-order valence-electron chi connectivity index (χ3n) is 8.68. The van der Waals surface area contributed by atoms with Crippen LogP contribution in [0.5, 0.6) is 0 Å². The molecular weight excluding hydrogens is 567 g/mol. The fraction of sp³-hybridized carbons (Fsp3) is 0.600. The van der Waals surface area contributed by atoms with E-state index >= 15 is 0 Å². The molecule has 0 N–H and O–H groups in total. The second kappa shape index (κ2) is 20.1. The van der Waals surface area contributed by atoms with E-state index in [1.165, 1.54) is 80.1 Å². The SMILES string of the molecule is CCCCC1=C(c2cc(CC)c(CC)c(CC)c2)[N+](=[N-])C(c2cc(CC)c(CC)c(CC)c2)=C1.CCC[CH2][Ni][CH2]CCC. The summed E-state index contributed by atoms with van der Waals surface area (Å²) in [5, 5.41) is 2.78. The maximum absolute atomic E-state index is 11.6. The summed E-state index contributed by atoms with van der Waals surface area (Å²) in [6, 6.07) is 9.27. The second-order valence-electron chi connectivity index (χ2n) is 11.7. The first-order valence-electron chi connectivity index (χ1n) is 17.6. The number of aryl methyl sites for hydroxylation is 4. The quantitative estimate of drug-likeness (QED) is 0.0945. The van der Waals surface area contributed by atoms with Crippen LogP contribution >= 0.6 is 0 Å². The van der Waals surface area contributed by atoms with Crippen LogP contribution in [-0.2, 0) is 53.0 Å². The third kappa shape index (κ3) is 10.0. The first kappa shape index (κ1) is 37.2. The van der Waals surface area contributed by atoms with Crippen molar-refractivity contribution in [2.24, 2.45) is 0 Å². The Balaban J connectivity index is 0.000000621. The number of hydrogen-bond acceptors (Lipinski definition) is 0. The normalized spacial score (nSPS) is 13.0. The molecule has 0 amide bonds. The molecule has 0 saturated carbocycles. The Hall–Kier alpha value is -1.99. The summed E-state index contributed by atoms with van der Waals surface area (Å²) in [4.78, 5) is 0. The van der Waals surface area contributed by atoms with Gasteiger partial charge in [0.15, 0.2) is 0 Å². The van der Waals surface area contributed by atoms with Crippen LogP contribution in [0.1, 0.15) is 152 Å². The molecule has 0 aliphatic carbocycles. The molecular formula is C40H62N2Ni. The van der Waals surface area contributed by atoms with Crippen LogP contribution in [0.3, 0.4) is 0 Å². The van der Waals surface area contributed by atoms with E-state index in [4.69, 9.17) is 0 Å². The zero-order chi connectivity index (χ0) is 31.8. The number of hydrogen-bond donors (Lipinski definition) is 0. The van der Waals surface area contributed by atoms with E-state index < -0.39 is 0 Å². The Kier molecular flexibility index (Phi) is 17.4. The van der Waals surface area contributed by atoms with Crippen molar-refractivity contribution in [1.82, 2.24) is 0 Å². The van der Waals surface area contributed by atoms with Crippen molar-refractivity contribution in [3.05, 3.63) is 86.0 Å². The fourth-order valence-electron chi connectivity index (χ4n) is 6.13. The van der Waals surface area contributed by atoms with E-state index in [1.54, 1.807) is 0 Å². The van der Waals surface area contributed by atoms with Gasteiger partial charge in [-0.3, -0.25) is 0 Å². The van der Waals surface area contributed by atoms with Crippen LogP contribution in [-0.4, -0.2) is 4.70 Å². The zero-order valence-electron chi connectivity index (χ0n) is 29.2. The first-order chi connectivity index (χ1) is 20.9. The molecule has 2 nitrogen and oxygen atoms in total. The van der Waals surface area contributed by atoms with Crippen LogP contribution in [0, 0.1) is 0 Å². The van der Waals surface area contributed by atoms with Gasteiger partial charge in [0.25, 0.3) is 0 Å². The van der Waals surface area contributed by atoms with Gasteiger partial charge < -0.3 is 5.53 Å². The molecule has 1 aliphatic heterocycles. The van der Waals surface area contributed by atoms with Crippen molar-refractivity contribution in [3.8, 4) is 0 Å². The topological polar surface area (TPSA) is 25.3 Å². The summed E-state index contributed by atoms with van der Waals surface area (Å²) >= 11 is 1.94. The first-order valence-corrected chi connectivity index (χ1v) is 19.0. The molecule has 0 radical (unpaired) electrons. The summed E-state index contributed by atoms with van der Waals surface area (Å²) in [5.41, 5.74) is 25.7. The molecule has 2 aromatic rings. The second-order valence-corrected chi connectivity index (χ2v) is 13.1. The van der Waals surface area contributed by atoms with Gasteiger partial charge in [-0.2, -0.15) is 0 Å². The van der Waals surface area contributed by atoms with Gasteiger partial charge in [0.05, 0.1) is 0 Å². The van der Waals surface area contributed by atoms with Gasteiger partial charge in [-0.05, 0) is 109 Å². The van der Waals surface area contributed by atoms with Gasteiger partial charge in [-0.15, -0.1) is 0 Å². The molecule has 0 bridgehead atoms. The molecule has 1 heterocycles. The standard InChI is InChI=1S/C32H44N2.2C4H9.Ni/c1-8-15-16-26-21-31(27-17-22(9-2)29(13-6)23(10-3)18-27)34(33)32(26)28-19-24(11-4)30(14-7)25(12-5)20-28;2*1-3-4-2;/h17-21H,8-16H2,1-7H3;2*1,3-4H2,2H3;. The molecule has 0 spiro atoms. The summed E-state index contributed by atoms with van der Waals surface area (Å²) in [7, 11) is 0. The zero-order valence-corrected chi connectivity index (χ0v) is 30.2. The van der Waals surface area contributed by atoms with Crippen LogP contribution < -0.4 is 0 Å². The Morgan fingerprint density at radius 1 is 0.558 bits per heavy atom. The summed E-state index contributed by atoms with van der Waals surface area (Å²) in [6.07, 6.45) is 17.2. The predicted octanol–water partition coefficient (Wildman–Crippen LogP) is 12.6. The number of benzene rings is 2. The molecule has 1 aliphatic rings. The van der Waals surface area contributed by atoms with Gasteiger partial charge in [-0.25, -0.2) is 4.70 Å². The van der Waals surface area contributed by atoms with Crippen molar-refractivity contribution >= 4 is 11.4 Å². The van der Waals surface area contributed by atoms with Crippen LogP contribution in [0.2, 0.25) is 10.8 Å². The summed E-state index contributed by atoms with van der Waals surface area (Å²) in [5.74, 6) is 0. The molecule has 0 saturated heterocycles. The van der Waals surface area contributed by atoms with Gasteiger partial charge >= 0.3 is 64.8 Å². The number of allylic oxidation sites excluding steroid dienone is 2. The monoisotopic (exact) mass is 628 g/mol. The minimum absolute atomic E-state index is 0.920. The molecule has 2 aromatic carbocycles. The molecule has 0 atom stereocenters. The van der Waals surface area contributed by atoms with Crippen molar-refractivity contribution < 1.29 is 19.1 Å².